The molecule has 0 bridgehead atoms. The second kappa shape index (κ2) is 7.04. The van der Waals surface area contributed by atoms with Crippen molar-refractivity contribution >= 4 is 21.8 Å². The molecule has 2 aromatic heterocycles. The minimum absolute atomic E-state index is 0.122. The van der Waals surface area contributed by atoms with Crippen molar-refractivity contribution in [3.05, 3.63) is 66.0 Å². The molecule has 8 heteroatoms. The van der Waals surface area contributed by atoms with E-state index in [2.05, 4.69) is 10.2 Å². The number of sulfonamides is 1. The van der Waals surface area contributed by atoms with Crippen LogP contribution in [0, 0.1) is 6.92 Å². The molecule has 1 aromatic carbocycles. The van der Waals surface area contributed by atoms with E-state index < -0.39 is 10.0 Å². The molecule has 0 aliphatic carbocycles. The second-order valence-electron chi connectivity index (χ2n) is 5.47. The Hall–Kier alpha value is -2.71. The molecule has 0 aliphatic heterocycles. The Kier molecular flexibility index (Phi) is 4.82. The summed E-state index contributed by atoms with van der Waals surface area (Å²) in [6.07, 6.45) is 4.89. The van der Waals surface area contributed by atoms with E-state index in [0.717, 1.165) is 15.5 Å². The third-order valence-corrected chi connectivity index (χ3v) is 5.34. The fourth-order valence-corrected chi connectivity index (χ4v) is 3.61. The highest BCUT2D eigenvalue weighted by Gasteiger charge is 2.22. The summed E-state index contributed by atoms with van der Waals surface area (Å²) in [5.41, 5.74) is 2.58. The molecule has 0 saturated heterocycles. The number of benzene rings is 1. The Morgan fingerprint density at radius 3 is 2.76 bits per heavy atom. The summed E-state index contributed by atoms with van der Waals surface area (Å²) >= 11 is 0. The lowest BCUT2D eigenvalue weighted by atomic mass is 10.2. The molecule has 7 nitrogen and oxygen atoms in total. The van der Waals surface area contributed by atoms with Crippen LogP contribution < -0.4 is 0 Å². The minimum atomic E-state index is -3.83. The van der Waals surface area contributed by atoms with E-state index in [4.69, 9.17) is 0 Å². The van der Waals surface area contributed by atoms with Crippen molar-refractivity contribution in [2.75, 3.05) is 13.2 Å². The zero-order valence-electron chi connectivity index (χ0n) is 13.6. The first-order valence-electron chi connectivity index (χ1n) is 7.69. The van der Waals surface area contributed by atoms with Crippen LogP contribution in [-0.4, -0.2) is 46.9 Å². The van der Waals surface area contributed by atoms with Crippen LogP contribution in [-0.2, 0) is 10.0 Å². The zero-order chi connectivity index (χ0) is 17.9. The normalized spacial score (nSPS) is 12.1. The number of aromatic nitrogens is 2. The number of aliphatic hydroxyl groups excluding tert-OH is 1. The summed E-state index contributed by atoms with van der Waals surface area (Å²) in [6.45, 7) is 1.50. The van der Waals surface area contributed by atoms with Crippen LogP contribution in [0.5, 0.6) is 0 Å². The first-order valence-corrected chi connectivity index (χ1v) is 9.13. The van der Waals surface area contributed by atoms with Gasteiger partial charge in [0.15, 0.2) is 0 Å². The van der Waals surface area contributed by atoms with E-state index in [0.29, 0.717) is 5.56 Å². The predicted molar refractivity (Wildman–Crippen MR) is 94.9 cm³/mol. The number of hydrazone groups is 1. The number of fused-ring (bicyclic) bond motifs is 1. The van der Waals surface area contributed by atoms with Gasteiger partial charge in [-0.2, -0.15) is 23.0 Å². The maximum absolute atomic E-state index is 12.7. The lowest BCUT2D eigenvalue weighted by Crippen LogP contribution is -2.29. The van der Waals surface area contributed by atoms with Crippen molar-refractivity contribution < 1.29 is 13.5 Å². The number of pyridine rings is 1. The minimum Gasteiger partial charge on any atom is -0.394 e. The average Bonchev–Trinajstić information content (AvgIpc) is 3.01. The largest absolute Gasteiger partial charge is 0.394 e. The molecule has 25 heavy (non-hydrogen) atoms. The molecule has 0 fully saturated rings. The van der Waals surface area contributed by atoms with Gasteiger partial charge in [0, 0.05) is 11.8 Å². The third kappa shape index (κ3) is 3.54. The summed E-state index contributed by atoms with van der Waals surface area (Å²) in [4.78, 5) is 0.122. The van der Waals surface area contributed by atoms with Crippen molar-refractivity contribution in [2.45, 2.75) is 11.8 Å². The van der Waals surface area contributed by atoms with Gasteiger partial charge in [-0.05, 0) is 36.8 Å². The molecule has 0 radical (unpaired) electrons. The molecule has 0 spiro atoms. The van der Waals surface area contributed by atoms with E-state index in [1.807, 2.05) is 25.3 Å². The van der Waals surface area contributed by atoms with Crippen LogP contribution in [0.1, 0.15) is 11.1 Å². The van der Waals surface area contributed by atoms with Crippen LogP contribution in [0.25, 0.3) is 5.52 Å². The van der Waals surface area contributed by atoms with Crippen LogP contribution in [0.15, 0.2) is 64.9 Å². The third-order valence-electron chi connectivity index (χ3n) is 3.64. The maximum Gasteiger partial charge on any atom is 0.279 e. The Balaban J connectivity index is 1.96. The predicted octanol–water partition coefficient (Wildman–Crippen LogP) is 1.66. The van der Waals surface area contributed by atoms with Gasteiger partial charge in [-0.1, -0.05) is 18.2 Å². The summed E-state index contributed by atoms with van der Waals surface area (Å²) in [6, 6.07) is 11.9. The lowest BCUT2D eigenvalue weighted by molar-refractivity contribution is 0.257. The molecule has 3 aromatic rings. The molecular weight excluding hydrogens is 340 g/mol. The van der Waals surface area contributed by atoms with Crippen LogP contribution in [0.2, 0.25) is 0 Å². The smallest absolute Gasteiger partial charge is 0.279 e. The number of hydrogen-bond acceptors (Lipinski definition) is 5. The van der Waals surface area contributed by atoms with Crippen molar-refractivity contribution in [1.82, 2.24) is 14.0 Å². The number of aryl methyl sites for hydroxylation is 1. The highest BCUT2D eigenvalue weighted by molar-refractivity contribution is 7.89. The van der Waals surface area contributed by atoms with Crippen molar-refractivity contribution in [3.63, 3.8) is 0 Å². The molecular formula is C17H18N4O3S. The van der Waals surface area contributed by atoms with E-state index in [9.17, 15) is 13.5 Å². The van der Waals surface area contributed by atoms with Gasteiger partial charge < -0.3 is 5.11 Å². The summed E-state index contributed by atoms with van der Waals surface area (Å²) in [5.74, 6) is 0. The zero-order valence-corrected chi connectivity index (χ0v) is 14.5. The van der Waals surface area contributed by atoms with E-state index >= 15 is 0 Å². The van der Waals surface area contributed by atoms with Gasteiger partial charge in [0.1, 0.15) is 0 Å². The molecule has 3 rings (SSSR count). The Labute approximate surface area is 145 Å². The van der Waals surface area contributed by atoms with Crippen molar-refractivity contribution in [1.29, 1.82) is 0 Å². The SMILES string of the molecule is Cc1ccn2ncc(/C=N/N(CCO)S(=O)(=O)c3ccccc3)c2c1. The summed E-state index contributed by atoms with van der Waals surface area (Å²) < 4.78 is 27.9. The van der Waals surface area contributed by atoms with Crippen LogP contribution in [0.4, 0.5) is 0 Å². The van der Waals surface area contributed by atoms with Crippen molar-refractivity contribution in [2.24, 2.45) is 5.10 Å². The Morgan fingerprint density at radius 1 is 1.28 bits per heavy atom. The van der Waals surface area contributed by atoms with Crippen molar-refractivity contribution in [3.8, 4) is 0 Å². The number of aliphatic hydroxyl groups is 1. The maximum atomic E-state index is 12.7. The molecule has 0 saturated carbocycles. The van der Waals surface area contributed by atoms with Crippen LogP contribution >= 0.6 is 0 Å². The molecule has 0 unspecified atom stereocenters. The highest BCUT2D eigenvalue weighted by Crippen LogP contribution is 2.16. The standard InChI is InChI=1S/C17H18N4O3S/c1-14-7-8-20-17(11-14)15(12-18-20)13-19-21(9-10-22)25(23,24)16-5-3-2-4-6-16/h2-8,11-13,22H,9-10H2,1H3/b19-13+. The summed E-state index contributed by atoms with van der Waals surface area (Å²) in [5, 5.41) is 17.5. The lowest BCUT2D eigenvalue weighted by Gasteiger charge is -2.17. The van der Waals surface area contributed by atoms with Gasteiger partial charge in [0.2, 0.25) is 0 Å². The number of hydrogen-bond donors (Lipinski definition) is 1. The van der Waals surface area contributed by atoms with E-state index in [1.54, 1.807) is 28.9 Å². The monoisotopic (exact) mass is 358 g/mol. The fourth-order valence-electron chi connectivity index (χ4n) is 2.37. The van der Waals surface area contributed by atoms with Crippen LogP contribution in [0.3, 0.4) is 0 Å². The van der Waals surface area contributed by atoms with Gasteiger partial charge in [-0.25, -0.2) is 4.52 Å². The fraction of sp³-hybridized carbons (Fsp3) is 0.176. The van der Waals surface area contributed by atoms with E-state index in [1.165, 1.54) is 18.3 Å². The first-order chi connectivity index (χ1) is 12.0. The Morgan fingerprint density at radius 2 is 2.04 bits per heavy atom. The van der Waals surface area contributed by atoms with Gasteiger partial charge >= 0.3 is 0 Å². The molecule has 130 valence electrons. The molecule has 2 heterocycles. The topological polar surface area (TPSA) is 87.3 Å². The van der Waals surface area contributed by atoms with Gasteiger partial charge in [0.25, 0.3) is 10.0 Å². The first kappa shape index (κ1) is 17.1. The molecule has 0 aliphatic rings. The Bertz CT molecular complexity index is 997. The number of nitrogens with zero attached hydrogens (tertiary/aromatic N) is 4. The number of rotatable bonds is 6. The quantitative estimate of drug-likeness (QED) is 0.536. The average molecular weight is 358 g/mol. The summed E-state index contributed by atoms with van der Waals surface area (Å²) in [7, 11) is -3.83. The molecule has 1 N–H and O–H groups in total. The van der Waals surface area contributed by atoms with Gasteiger partial charge in [0.05, 0.1) is 36.0 Å². The highest BCUT2D eigenvalue weighted by atomic mass is 32.2. The van der Waals surface area contributed by atoms with Gasteiger partial charge in [-0.3, -0.25) is 0 Å². The van der Waals surface area contributed by atoms with E-state index in [-0.39, 0.29) is 18.0 Å². The second-order valence-corrected chi connectivity index (χ2v) is 7.31. The molecule has 0 atom stereocenters. The van der Waals surface area contributed by atoms with Gasteiger partial charge in [-0.15, -0.1) is 0 Å². The molecule has 0 amide bonds.